The summed E-state index contributed by atoms with van der Waals surface area (Å²) >= 11 is 0.194. The fourth-order valence-electron chi connectivity index (χ4n) is 3.97. The minimum absolute atomic E-state index is 0.181. The van der Waals surface area contributed by atoms with Crippen LogP contribution in [-0.2, 0) is 13.1 Å². The van der Waals surface area contributed by atoms with Crippen molar-refractivity contribution in [3.63, 3.8) is 0 Å². The SMILES string of the molecule is CC(=Nc1c(C)cccc1C)C1CCCC(C(C)=Nc2c(C)cccc2C)[N-]1.[Cl][Fe+][Cl]. The number of rotatable bonds is 4. The molecule has 1 heterocycles. The number of nitrogens with zero attached hydrogens (tertiary/aromatic N) is 3. The third kappa shape index (κ3) is 7.44. The van der Waals surface area contributed by atoms with Gasteiger partial charge in [-0.3, -0.25) is 9.98 Å². The van der Waals surface area contributed by atoms with Crippen molar-refractivity contribution in [3.8, 4) is 0 Å². The van der Waals surface area contributed by atoms with Crippen molar-refractivity contribution in [1.29, 1.82) is 0 Å². The van der Waals surface area contributed by atoms with E-state index in [9.17, 15) is 0 Å². The van der Waals surface area contributed by atoms with Gasteiger partial charge in [0.25, 0.3) is 0 Å². The van der Waals surface area contributed by atoms with Crippen molar-refractivity contribution in [2.24, 2.45) is 9.98 Å². The molecule has 3 rings (SSSR count). The Balaban J connectivity index is 0.00000107. The maximum atomic E-state index is 5.13. The number of hydrogen-bond donors (Lipinski definition) is 0. The van der Waals surface area contributed by atoms with Gasteiger partial charge in [-0.25, -0.2) is 0 Å². The Kier molecular flexibility index (Phi) is 10.7. The molecule has 3 nitrogen and oxygen atoms in total. The van der Waals surface area contributed by atoms with Crippen LogP contribution in [0, 0.1) is 27.7 Å². The summed E-state index contributed by atoms with van der Waals surface area (Å²) in [5, 5.41) is 5.13. The number of benzene rings is 2. The predicted molar refractivity (Wildman–Crippen MR) is 134 cm³/mol. The van der Waals surface area contributed by atoms with Crippen molar-refractivity contribution in [1.82, 2.24) is 0 Å². The molecule has 0 bridgehead atoms. The molecule has 0 radical (unpaired) electrons. The first-order chi connectivity index (χ1) is 14.8. The fraction of sp³-hybridized carbons (Fsp3) is 0.440. The van der Waals surface area contributed by atoms with E-state index in [1.165, 1.54) is 22.3 Å². The molecule has 0 aliphatic carbocycles. The Morgan fingerprint density at radius 2 is 1.10 bits per heavy atom. The van der Waals surface area contributed by atoms with E-state index in [4.69, 9.17) is 35.5 Å². The first-order valence-corrected chi connectivity index (χ1v) is 13.6. The summed E-state index contributed by atoms with van der Waals surface area (Å²) in [5.74, 6) is 0. The first kappa shape index (κ1) is 26.1. The molecule has 2 aromatic rings. The van der Waals surface area contributed by atoms with E-state index in [1.807, 2.05) is 0 Å². The molecule has 2 atom stereocenters. The Labute approximate surface area is 202 Å². The van der Waals surface area contributed by atoms with Gasteiger partial charge in [0.1, 0.15) is 0 Å². The molecule has 1 aliphatic rings. The van der Waals surface area contributed by atoms with Crippen molar-refractivity contribution in [3.05, 3.63) is 64.0 Å². The van der Waals surface area contributed by atoms with Crippen LogP contribution in [0.5, 0.6) is 0 Å². The Morgan fingerprint density at radius 3 is 1.42 bits per heavy atom. The number of para-hydroxylation sites is 2. The van der Waals surface area contributed by atoms with E-state index < -0.39 is 0 Å². The van der Waals surface area contributed by atoms with Crippen LogP contribution in [0.1, 0.15) is 55.4 Å². The number of aliphatic imine (C=N–C) groups is 2. The number of halogens is 2. The summed E-state index contributed by atoms with van der Waals surface area (Å²) in [6.45, 7) is 12.8. The minimum atomic E-state index is 0.181. The van der Waals surface area contributed by atoms with E-state index in [0.29, 0.717) is 0 Å². The average molecular weight is 501 g/mol. The summed E-state index contributed by atoms with van der Waals surface area (Å²) in [6.07, 6.45) is 3.32. The normalized spacial score (nSPS) is 19.6. The van der Waals surface area contributed by atoms with Gasteiger partial charge in [0, 0.05) is 0 Å². The van der Waals surface area contributed by atoms with Crippen LogP contribution in [0.15, 0.2) is 46.4 Å². The van der Waals surface area contributed by atoms with Gasteiger partial charge in [-0.1, -0.05) is 67.7 Å². The van der Waals surface area contributed by atoms with Gasteiger partial charge >= 0.3 is 33.3 Å². The van der Waals surface area contributed by atoms with Gasteiger partial charge in [-0.05, 0) is 75.2 Å². The van der Waals surface area contributed by atoms with Gasteiger partial charge in [-0.15, -0.1) is 0 Å². The van der Waals surface area contributed by atoms with E-state index in [-0.39, 0.29) is 25.2 Å². The quantitative estimate of drug-likeness (QED) is 0.298. The van der Waals surface area contributed by atoms with Crippen LogP contribution in [0.2, 0.25) is 0 Å². The van der Waals surface area contributed by atoms with Crippen LogP contribution >= 0.6 is 20.2 Å². The van der Waals surface area contributed by atoms with Crippen LogP contribution in [0.4, 0.5) is 11.4 Å². The van der Waals surface area contributed by atoms with Gasteiger partial charge in [0.15, 0.2) is 0 Å². The molecule has 2 aromatic carbocycles. The van der Waals surface area contributed by atoms with Crippen molar-refractivity contribution < 1.29 is 13.1 Å². The first-order valence-electron chi connectivity index (χ1n) is 10.6. The molecule has 1 fully saturated rings. The summed E-state index contributed by atoms with van der Waals surface area (Å²) in [4.78, 5) is 9.94. The van der Waals surface area contributed by atoms with E-state index in [1.54, 1.807) is 0 Å². The molecule has 0 spiro atoms. The van der Waals surface area contributed by atoms with Crippen molar-refractivity contribution in [2.75, 3.05) is 0 Å². The van der Waals surface area contributed by atoms with Gasteiger partial charge in [0.05, 0.1) is 11.4 Å². The van der Waals surface area contributed by atoms with Crippen molar-refractivity contribution in [2.45, 2.75) is 72.9 Å². The van der Waals surface area contributed by atoms with E-state index in [2.05, 4.69) is 77.9 Å². The standard InChI is InChI=1S/C25H32N3.2ClH.Fe/c1-16-10-7-11-17(2)24(16)26-20(5)22-14-9-15-23(28-22)21(6)27-25-18(3)12-8-13-19(25)4;;;/h7-8,10-13,22-23H,9,14-15H2,1-6H3;2*1H;/q-1;;;+3/p-2. The second kappa shape index (κ2) is 12.8. The van der Waals surface area contributed by atoms with E-state index in [0.717, 1.165) is 42.1 Å². The zero-order valence-corrected chi connectivity index (χ0v) is 21.8. The second-order valence-electron chi connectivity index (χ2n) is 8.15. The topological polar surface area (TPSA) is 38.8 Å². The summed E-state index contributed by atoms with van der Waals surface area (Å²) in [5.41, 5.74) is 9.30. The Hall–Kier alpha value is -1.16. The predicted octanol–water partition coefficient (Wildman–Crippen LogP) is 8.48. The van der Waals surface area contributed by atoms with Crippen LogP contribution in [0.3, 0.4) is 0 Å². The maximum absolute atomic E-state index is 5.13. The summed E-state index contributed by atoms with van der Waals surface area (Å²) < 4.78 is 0. The average Bonchev–Trinajstić information content (AvgIpc) is 2.74. The van der Waals surface area contributed by atoms with Crippen LogP contribution in [-0.4, -0.2) is 23.5 Å². The summed E-state index contributed by atoms with van der Waals surface area (Å²) in [6, 6.07) is 13.0. The molecular formula is C25H32Cl2FeN3. The van der Waals surface area contributed by atoms with Crippen LogP contribution in [0.25, 0.3) is 5.32 Å². The monoisotopic (exact) mass is 500 g/mol. The molecule has 31 heavy (non-hydrogen) atoms. The fourth-order valence-corrected chi connectivity index (χ4v) is 3.97. The van der Waals surface area contributed by atoms with Gasteiger partial charge < -0.3 is 5.32 Å². The third-order valence-corrected chi connectivity index (χ3v) is 5.73. The van der Waals surface area contributed by atoms with Crippen LogP contribution < -0.4 is 0 Å². The molecule has 1 aliphatic heterocycles. The van der Waals surface area contributed by atoms with Gasteiger partial charge in [0.2, 0.25) is 0 Å². The third-order valence-electron chi connectivity index (χ3n) is 5.73. The molecule has 169 valence electrons. The number of piperidine rings is 1. The second-order valence-corrected chi connectivity index (χ2v) is 9.97. The zero-order chi connectivity index (χ0) is 23.0. The molecule has 0 N–H and O–H groups in total. The number of hydrogen-bond acceptors (Lipinski definition) is 2. The van der Waals surface area contributed by atoms with Crippen molar-refractivity contribution >= 4 is 43.0 Å². The molecule has 0 saturated carbocycles. The Bertz CT molecular complexity index is 826. The molecule has 6 heteroatoms. The van der Waals surface area contributed by atoms with Gasteiger partial charge in [-0.2, -0.15) is 0 Å². The molecule has 0 amide bonds. The zero-order valence-electron chi connectivity index (χ0n) is 19.2. The molecule has 2 unspecified atom stereocenters. The Morgan fingerprint density at radius 1 is 0.774 bits per heavy atom. The van der Waals surface area contributed by atoms with E-state index >= 15 is 0 Å². The summed E-state index contributed by atoms with van der Waals surface area (Å²) in [7, 11) is 9.53. The molecule has 1 saturated heterocycles. The number of aryl methyl sites for hydroxylation is 4. The molecule has 0 aromatic heterocycles. The molecular weight excluding hydrogens is 469 g/mol.